The highest BCUT2D eigenvalue weighted by Crippen LogP contribution is 1.95. The highest BCUT2D eigenvalue weighted by Gasteiger charge is 2.01. The van der Waals surface area contributed by atoms with Crippen LogP contribution in [0.3, 0.4) is 0 Å². The molecule has 2 nitrogen and oxygen atoms in total. The summed E-state index contributed by atoms with van der Waals surface area (Å²) in [5.41, 5.74) is 0. The van der Waals surface area contributed by atoms with Crippen LogP contribution in [0.25, 0.3) is 0 Å². The van der Waals surface area contributed by atoms with E-state index in [1.54, 1.807) is 6.92 Å². The van der Waals surface area contributed by atoms with Crippen LogP contribution in [0.2, 0.25) is 0 Å². The summed E-state index contributed by atoms with van der Waals surface area (Å²) in [5, 5.41) is 0. The van der Waals surface area contributed by atoms with E-state index in [0.29, 0.717) is 6.42 Å². The van der Waals surface area contributed by atoms with Gasteiger partial charge in [-0.15, -0.1) is 0 Å². The number of carbonyl (C=O) groups excluding carboxylic acids is 2. The molecule has 0 amide bonds. The molecular weight excluding hydrogens is 140 g/mol. The highest BCUT2D eigenvalue weighted by atomic mass is 16.1. The van der Waals surface area contributed by atoms with Crippen LogP contribution in [0.1, 0.15) is 27.2 Å². The summed E-state index contributed by atoms with van der Waals surface area (Å²) in [4.78, 5) is 21.6. The summed E-state index contributed by atoms with van der Waals surface area (Å²) in [5.74, 6) is -0.0123. The Morgan fingerprint density at radius 2 is 1.82 bits per heavy atom. The van der Waals surface area contributed by atoms with E-state index in [2.05, 4.69) is 0 Å². The highest BCUT2D eigenvalue weighted by molar-refractivity contribution is 5.99. The second kappa shape index (κ2) is 4.83. The lowest BCUT2D eigenvalue weighted by molar-refractivity contribution is -0.118. The molecule has 2 heteroatoms. The van der Waals surface area contributed by atoms with Crippen LogP contribution in [-0.2, 0) is 9.59 Å². The average Bonchev–Trinajstić information content (AvgIpc) is 1.99. The van der Waals surface area contributed by atoms with E-state index < -0.39 is 0 Å². The SMILES string of the molecule is CCC(=O)/C=C\C(=O)C(C)C. The number of ketones is 2. The van der Waals surface area contributed by atoms with Crippen molar-refractivity contribution in [2.75, 3.05) is 0 Å². The third kappa shape index (κ3) is 4.48. The molecule has 0 aliphatic carbocycles. The summed E-state index contributed by atoms with van der Waals surface area (Å²) >= 11 is 0. The Kier molecular flexibility index (Phi) is 4.42. The molecule has 0 radical (unpaired) electrons. The summed E-state index contributed by atoms with van der Waals surface area (Å²) in [6, 6.07) is 0. The van der Waals surface area contributed by atoms with Crippen LogP contribution in [0.4, 0.5) is 0 Å². The summed E-state index contributed by atoms with van der Waals surface area (Å²) in [6.07, 6.45) is 3.17. The normalized spacial score (nSPS) is 10.9. The quantitative estimate of drug-likeness (QED) is 0.578. The molecule has 0 rings (SSSR count). The van der Waals surface area contributed by atoms with Crippen LogP contribution in [-0.4, -0.2) is 11.6 Å². The Bertz CT molecular complexity index is 178. The fourth-order valence-electron chi connectivity index (χ4n) is 0.485. The molecule has 0 saturated carbocycles. The molecule has 0 aliphatic heterocycles. The van der Waals surface area contributed by atoms with Crippen molar-refractivity contribution in [2.24, 2.45) is 5.92 Å². The van der Waals surface area contributed by atoms with E-state index in [9.17, 15) is 9.59 Å². The van der Waals surface area contributed by atoms with Crippen molar-refractivity contribution < 1.29 is 9.59 Å². The van der Waals surface area contributed by atoms with Crippen LogP contribution in [0.5, 0.6) is 0 Å². The topological polar surface area (TPSA) is 34.1 Å². The summed E-state index contributed by atoms with van der Waals surface area (Å²) < 4.78 is 0. The monoisotopic (exact) mass is 154 g/mol. The zero-order valence-corrected chi connectivity index (χ0v) is 7.26. The maximum absolute atomic E-state index is 10.9. The van der Waals surface area contributed by atoms with Gasteiger partial charge in [0.1, 0.15) is 0 Å². The maximum atomic E-state index is 10.9. The lowest BCUT2D eigenvalue weighted by Crippen LogP contribution is -2.03. The molecule has 0 N–H and O–H groups in total. The van der Waals surface area contributed by atoms with Gasteiger partial charge in [-0.25, -0.2) is 0 Å². The van der Waals surface area contributed by atoms with Gasteiger partial charge in [0, 0.05) is 12.3 Å². The second-order valence-electron chi connectivity index (χ2n) is 2.71. The number of hydrogen-bond donors (Lipinski definition) is 0. The molecule has 0 unspecified atom stereocenters. The van der Waals surface area contributed by atoms with E-state index in [0.717, 1.165) is 0 Å². The molecule has 0 aliphatic rings. The van der Waals surface area contributed by atoms with E-state index >= 15 is 0 Å². The van der Waals surface area contributed by atoms with Gasteiger partial charge in [0.05, 0.1) is 0 Å². The molecule has 0 fully saturated rings. The fourth-order valence-corrected chi connectivity index (χ4v) is 0.485. The standard InChI is InChI=1S/C9H14O2/c1-4-8(10)5-6-9(11)7(2)3/h5-7H,4H2,1-3H3/b6-5-. The van der Waals surface area contributed by atoms with Crippen molar-refractivity contribution in [3.05, 3.63) is 12.2 Å². The van der Waals surface area contributed by atoms with Gasteiger partial charge in [0.2, 0.25) is 0 Å². The van der Waals surface area contributed by atoms with E-state index in [1.165, 1.54) is 12.2 Å². The van der Waals surface area contributed by atoms with Gasteiger partial charge in [-0.2, -0.15) is 0 Å². The molecule has 0 bridgehead atoms. The zero-order valence-electron chi connectivity index (χ0n) is 7.26. The minimum atomic E-state index is -0.0177. The molecule has 0 spiro atoms. The van der Waals surface area contributed by atoms with Gasteiger partial charge in [-0.3, -0.25) is 9.59 Å². The minimum Gasteiger partial charge on any atom is -0.295 e. The Labute approximate surface area is 67.3 Å². The fraction of sp³-hybridized carbons (Fsp3) is 0.556. The van der Waals surface area contributed by atoms with Crippen LogP contribution in [0, 0.1) is 5.92 Å². The van der Waals surface area contributed by atoms with Crippen LogP contribution in [0.15, 0.2) is 12.2 Å². The molecular formula is C9H14O2. The Balaban J connectivity index is 3.93. The van der Waals surface area contributed by atoms with E-state index in [-0.39, 0.29) is 17.5 Å². The third-order valence-corrected chi connectivity index (χ3v) is 1.35. The van der Waals surface area contributed by atoms with Gasteiger partial charge >= 0.3 is 0 Å². The number of carbonyl (C=O) groups is 2. The predicted molar refractivity (Wildman–Crippen MR) is 44.3 cm³/mol. The molecule has 0 heterocycles. The largest absolute Gasteiger partial charge is 0.295 e. The van der Waals surface area contributed by atoms with Gasteiger partial charge in [0.25, 0.3) is 0 Å². The Morgan fingerprint density at radius 3 is 2.18 bits per heavy atom. The van der Waals surface area contributed by atoms with Gasteiger partial charge in [0.15, 0.2) is 11.6 Å². The van der Waals surface area contributed by atoms with Gasteiger partial charge in [-0.1, -0.05) is 20.8 Å². The number of hydrogen-bond acceptors (Lipinski definition) is 2. The summed E-state index contributed by atoms with van der Waals surface area (Å²) in [7, 11) is 0. The Hall–Kier alpha value is -0.920. The van der Waals surface area contributed by atoms with Crippen LogP contribution < -0.4 is 0 Å². The average molecular weight is 154 g/mol. The second-order valence-corrected chi connectivity index (χ2v) is 2.71. The third-order valence-electron chi connectivity index (χ3n) is 1.35. The zero-order chi connectivity index (χ0) is 8.85. The van der Waals surface area contributed by atoms with Crippen molar-refractivity contribution >= 4 is 11.6 Å². The van der Waals surface area contributed by atoms with Crippen molar-refractivity contribution in [3.63, 3.8) is 0 Å². The molecule has 0 atom stereocenters. The molecule has 0 aromatic heterocycles. The van der Waals surface area contributed by atoms with Gasteiger partial charge < -0.3 is 0 Å². The molecule has 11 heavy (non-hydrogen) atoms. The first kappa shape index (κ1) is 10.1. The van der Waals surface area contributed by atoms with Crippen LogP contribution >= 0.6 is 0 Å². The van der Waals surface area contributed by atoms with Crippen molar-refractivity contribution in [1.29, 1.82) is 0 Å². The van der Waals surface area contributed by atoms with E-state index in [4.69, 9.17) is 0 Å². The lowest BCUT2D eigenvalue weighted by atomic mass is 10.1. The molecule has 0 aromatic rings. The first-order valence-corrected chi connectivity index (χ1v) is 3.82. The predicted octanol–water partition coefficient (Wildman–Crippen LogP) is 1.75. The van der Waals surface area contributed by atoms with Crippen molar-refractivity contribution in [2.45, 2.75) is 27.2 Å². The number of rotatable bonds is 4. The molecule has 0 aromatic carbocycles. The van der Waals surface area contributed by atoms with Gasteiger partial charge in [-0.05, 0) is 12.2 Å². The molecule has 62 valence electrons. The smallest absolute Gasteiger partial charge is 0.158 e. The molecule has 0 saturated heterocycles. The first-order chi connectivity index (χ1) is 5.07. The maximum Gasteiger partial charge on any atom is 0.158 e. The van der Waals surface area contributed by atoms with Crippen molar-refractivity contribution in [1.82, 2.24) is 0 Å². The Morgan fingerprint density at radius 1 is 1.27 bits per heavy atom. The summed E-state index contributed by atoms with van der Waals surface area (Å²) in [6.45, 7) is 5.39. The lowest BCUT2D eigenvalue weighted by Gasteiger charge is -1.94. The minimum absolute atomic E-state index is 0.000926. The number of allylic oxidation sites excluding steroid dienone is 2. The van der Waals surface area contributed by atoms with Crippen molar-refractivity contribution in [3.8, 4) is 0 Å². The van der Waals surface area contributed by atoms with E-state index in [1.807, 2.05) is 13.8 Å². The first-order valence-electron chi connectivity index (χ1n) is 3.82.